The number of likely N-dealkylation sites (N-methyl/N-ethyl adjacent to an activating group) is 1. The smallest absolute Gasteiger partial charge is 0.0667 e. The van der Waals surface area contributed by atoms with Crippen molar-refractivity contribution in [2.24, 2.45) is 0 Å². The van der Waals surface area contributed by atoms with Crippen LogP contribution in [0.4, 0.5) is 0 Å². The minimum absolute atomic E-state index is 0.205. The third-order valence-electron chi connectivity index (χ3n) is 4.44. The van der Waals surface area contributed by atoms with Crippen molar-refractivity contribution in [3.8, 4) is 0 Å². The molecule has 2 atom stereocenters. The molecule has 122 valence electrons. The molecule has 0 aliphatic carbocycles. The highest BCUT2D eigenvalue weighted by Gasteiger charge is 2.19. The highest BCUT2D eigenvalue weighted by molar-refractivity contribution is 4.75. The summed E-state index contributed by atoms with van der Waals surface area (Å²) in [5.41, 5.74) is 0. The van der Waals surface area contributed by atoms with Crippen molar-refractivity contribution in [3.05, 3.63) is 0 Å². The number of aliphatic hydroxyl groups is 1. The summed E-state index contributed by atoms with van der Waals surface area (Å²) < 4.78 is 0. The Labute approximate surface area is 127 Å². The number of aliphatic hydroxyl groups excluding tert-OH is 1. The van der Waals surface area contributed by atoms with Crippen LogP contribution in [0.5, 0.6) is 0 Å². The predicted molar refractivity (Wildman–Crippen MR) is 90.2 cm³/mol. The summed E-state index contributed by atoms with van der Waals surface area (Å²) in [5, 5.41) is 9.93. The second-order valence-corrected chi connectivity index (χ2v) is 6.15. The average molecular weight is 286 g/mol. The van der Waals surface area contributed by atoms with Crippen molar-refractivity contribution in [2.75, 3.05) is 13.1 Å². The standard InChI is InChI=1S/C18H39NO/c1-5-8-9-10-11-12-13-14-15-16-18(17(4)20)19(6-2)7-3/h17-18,20H,5-16H2,1-4H3. The molecule has 20 heavy (non-hydrogen) atoms. The molecule has 0 aliphatic heterocycles. The van der Waals surface area contributed by atoms with E-state index in [-0.39, 0.29) is 6.10 Å². The lowest BCUT2D eigenvalue weighted by Crippen LogP contribution is -2.42. The van der Waals surface area contributed by atoms with Crippen LogP contribution in [-0.4, -0.2) is 35.2 Å². The molecule has 0 bridgehead atoms. The first-order chi connectivity index (χ1) is 9.67. The molecule has 2 unspecified atom stereocenters. The third kappa shape index (κ3) is 9.77. The first-order valence-electron chi connectivity index (χ1n) is 9.09. The molecule has 0 rings (SSSR count). The van der Waals surface area contributed by atoms with E-state index in [9.17, 15) is 5.11 Å². The number of hydrogen-bond donors (Lipinski definition) is 1. The van der Waals surface area contributed by atoms with Gasteiger partial charge in [-0.05, 0) is 26.4 Å². The summed E-state index contributed by atoms with van der Waals surface area (Å²) in [5.74, 6) is 0. The zero-order valence-corrected chi connectivity index (χ0v) is 14.5. The van der Waals surface area contributed by atoms with Crippen LogP contribution in [0.15, 0.2) is 0 Å². The van der Waals surface area contributed by atoms with Gasteiger partial charge in [0, 0.05) is 6.04 Å². The largest absolute Gasteiger partial charge is 0.392 e. The monoisotopic (exact) mass is 285 g/mol. The first kappa shape index (κ1) is 19.9. The zero-order valence-electron chi connectivity index (χ0n) is 14.5. The summed E-state index contributed by atoms with van der Waals surface area (Å²) in [4.78, 5) is 2.40. The summed E-state index contributed by atoms with van der Waals surface area (Å²) in [6.07, 6.45) is 13.3. The predicted octanol–water partition coefficient (Wildman–Crippen LogP) is 5.00. The molecular weight excluding hydrogens is 246 g/mol. The summed E-state index contributed by atoms with van der Waals surface area (Å²) in [6, 6.07) is 0.356. The van der Waals surface area contributed by atoms with Gasteiger partial charge in [0.1, 0.15) is 0 Å². The van der Waals surface area contributed by atoms with Gasteiger partial charge in [0.05, 0.1) is 6.10 Å². The molecule has 0 amide bonds. The molecule has 0 radical (unpaired) electrons. The first-order valence-corrected chi connectivity index (χ1v) is 9.09. The van der Waals surface area contributed by atoms with E-state index in [0.29, 0.717) is 6.04 Å². The van der Waals surface area contributed by atoms with Crippen LogP contribution in [0.25, 0.3) is 0 Å². The van der Waals surface area contributed by atoms with Gasteiger partial charge < -0.3 is 5.11 Å². The number of unbranched alkanes of at least 4 members (excludes halogenated alkanes) is 8. The molecule has 0 aromatic heterocycles. The Hall–Kier alpha value is -0.0800. The fourth-order valence-corrected chi connectivity index (χ4v) is 3.09. The van der Waals surface area contributed by atoms with Gasteiger partial charge in [0.2, 0.25) is 0 Å². The van der Waals surface area contributed by atoms with Gasteiger partial charge in [-0.25, -0.2) is 0 Å². The van der Waals surface area contributed by atoms with Crippen LogP contribution < -0.4 is 0 Å². The molecule has 0 heterocycles. The maximum atomic E-state index is 9.93. The van der Waals surface area contributed by atoms with Crippen LogP contribution in [0.1, 0.15) is 91.9 Å². The molecule has 2 heteroatoms. The van der Waals surface area contributed by atoms with Gasteiger partial charge in [0.15, 0.2) is 0 Å². The van der Waals surface area contributed by atoms with E-state index in [0.717, 1.165) is 19.5 Å². The van der Waals surface area contributed by atoms with Gasteiger partial charge in [-0.1, -0.05) is 78.6 Å². The number of rotatable bonds is 14. The highest BCUT2D eigenvalue weighted by Crippen LogP contribution is 2.15. The molecule has 0 aliphatic rings. The van der Waals surface area contributed by atoms with E-state index in [1.165, 1.54) is 57.8 Å². The fraction of sp³-hybridized carbons (Fsp3) is 1.00. The van der Waals surface area contributed by atoms with Crippen LogP contribution in [-0.2, 0) is 0 Å². The maximum absolute atomic E-state index is 9.93. The lowest BCUT2D eigenvalue weighted by atomic mass is 10.0. The summed E-state index contributed by atoms with van der Waals surface area (Å²) in [7, 11) is 0. The Morgan fingerprint density at radius 3 is 1.60 bits per heavy atom. The van der Waals surface area contributed by atoms with E-state index >= 15 is 0 Å². The van der Waals surface area contributed by atoms with Crippen molar-refractivity contribution in [2.45, 2.75) is 104 Å². The minimum atomic E-state index is -0.205. The average Bonchev–Trinajstić information content (AvgIpc) is 2.44. The third-order valence-corrected chi connectivity index (χ3v) is 4.44. The van der Waals surface area contributed by atoms with Gasteiger partial charge >= 0.3 is 0 Å². The van der Waals surface area contributed by atoms with Crippen molar-refractivity contribution in [3.63, 3.8) is 0 Å². The van der Waals surface area contributed by atoms with E-state index in [2.05, 4.69) is 25.7 Å². The second kappa shape index (κ2) is 13.9. The fourth-order valence-electron chi connectivity index (χ4n) is 3.09. The molecule has 0 saturated heterocycles. The number of nitrogens with zero attached hydrogens (tertiary/aromatic N) is 1. The molecule has 0 saturated carbocycles. The highest BCUT2D eigenvalue weighted by atomic mass is 16.3. The molecule has 0 aromatic carbocycles. The number of hydrogen-bond acceptors (Lipinski definition) is 2. The molecule has 0 aromatic rings. The lowest BCUT2D eigenvalue weighted by Gasteiger charge is -2.32. The molecule has 1 N–H and O–H groups in total. The van der Waals surface area contributed by atoms with Crippen LogP contribution in [0, 0.1) is 0 Å². The topological polar surface area (TPSA) is 23.5 Å². The minimum Gasteiger partial charge on any atom is -0.392 e. The van der Waals surface area contributed by atoms with Gasteiger partial charge in [-0.3, -0.25) is 4.90 Å². The van der Waals surface area contributed by atoms with E-state index in [1.54, 1.807) is 0 Å². The van der Waals surface area contributed by atoms with Gasteiger partial charge in [-0.2, -0.15) is 0 Å². The van der Waals surface area contributed by atoms with Gasteiger partial charge in [-0.15, -0.1) is 0 Å². The lowest BCUT2D eigenvalue weighted by molar-refractivity contribution is 0.0601. The summed E-state index contributed by atoms with van der Waals surface area (Å²) >= 11 is 0. The van der Waals surface area contributed by atoms with E-state index in [1.807, 2.05) is 6.92 Å². The zero-order chi connectivity index (χ0) is 15.2. The molecule has 0 fully saturated rings. The van der Waals surface area contributed by atoms with Crippen LogP contribution in [0.3, 0.4) is 0 Å². The van der Waals surface area contributed by atoms with Crippen molar-refractivity contribution in [1.82, 2.24) is 4.90 Å². The summed E-state index contributed by atoms with van der Waals surface area (Å²) in [6.45, 7) is 10.7. The Balaban J connectivity index is 3.59. The van der Waals surface area contributed by atoms with Crippen molar-refractivity contribution < 1.29 is 5.11 Å². The van der Waals surface area contributed by atoms with E-state index < -0.39 is 0 Å². The SMILES string of the molecule is CCCCCCCCCCCC(C(C)O)N(CC)CC. The molecule has 0 spiro atoms. The van der Waals surface area contributed by atoms with Crippen molar-refractivity contribution >= 4 is 0 Å². The normalized spacial score (nSPS) is 14.7. The van der Waals surface area contributed by atoms with Crippen LogP contribution >= 0.6 is 0 Å². The van der Waals surface area contributed by atoms with E-state index in [4.69, 9.17) is 0 Å². The Morgan fingerprint density at radius 1 is 0.750 bits per heavy atom. The molecular formula is C18H39NO. The van der Waals surface area contributed by atoms with Gasteiger partial charge in [0.25, 0.3) is 0 Å². The molecule has 2 nitrogen and oxygen atoms in total. The Morgan fingerprint density at radius 2 is 1.20 bits per heavy atom. The Bertz CT molecular complexity index is 190. The second-order valence-electron chi connectivity index (χ2n) is 6.15. The quantitative estimate of drug-likeness (QED) is 0.454. The van der Waals surface area contributed by atoms with Crippen LogP contribution in [0.2, 0.25) is 0 Å². The van der Waals surface area contributed by atoms with Crippen molar-refractivity contribution in [1.29, 1.82) is 0 Å². The maximum Gasteiger partial charge on any atom is 0.0667 e. The Kier molecular flexibility index (Phi) is 13.8.